The van der Waals surface area contributed by atoms with Gasteiger partial charge in [-0.2, -0.15) is 23.3 Å². The number of carbonyl (C=O) groups is 3. The van der Waals surface area contributed by atoms with E-state index >= 15 is 0 Å². The van der Waals surface area contributed by atoms with Crippen molar-refractivity contribution in [1.29, 1.82) is 0 Å². The quantitative estimate of drug-likeness (QED) is 0.142. The molecular formula is C35H37ClF3N7O6. The van der Waals surface area contributed by atoms with Crippen LogP contribution in [0.2, 0.25) is 5.02 Å². The smallest absolute Gasteiger partial charge is 0.429 e. The Morgan fingerprint density at radius 1 is 1.12 bits per heavy atom. The van der Waals surface area contributed by atoms with E-state index in [1.165, 1.54) is 36.1 Å². The molecule has 17 heteroatoms. The average Bonchev–Trinajstić information content (AvgIpc) is 3.55. The number of carboxylic acids is 1. The van der Waals surface area contributed by atoms with Gasteiger partial charge < -0.3 is 31.4 Å². The third-order valence-corrected chi connectivity index (χ3v) is 8.11. The number of hydrogen-bond donors (Lipinski definition) is 4. The lowest BCUT2D eigenvalue weighted by atomic mass is 9.84. The molecule has 2 heterocycles. The highest BCUT2D eigenvalue weighted by Crippen LogP contribution is 2.40. The number of nitrogens with one attached hydrogen (secondary N) is 1. The van der Waals surface area contributed by atoms with Crippen molar-refractivity contribution in [2.75, 3.05) is 19.4 Å². The molecule has 276 valence electrons. The van der Waals surface area contributed by atoms with Gasteiger partial charge in [-0.1, -0.05) is 41.9 Å². The van der Waals surface area contributed by atoms with E-state index in [2.05, 4.69) is 25.1 Å². The molecule has 6 N–H and O–H groups in total. The molecule has 0 saturated heterocycles. The highest BCUT2D eigenvalue weighted by atomic mass is 35.5. The van der Waals surface area contributed by atoms with Crippen LogP contribution in [0.4, 0.5) is 19.1 Å². The number of nitrogens with two attached hydrogens (primary N) is 2. The molecule has 52 heavy (non-hydrogen) atoms. The number of amides is 1. The fourth-order valence-electron chi connectivity index (χ4n) is 5.37. The summed E-state index contributed by atoms with van der Waals surface area (Å²) in [7, 11) is 1.29. The van der Waals surface area contributed by atoms with Gasteiger partial charge in [0.1, 0.15) is 12.6 Å². The van der Waals surface area contributed by atoms with Crippen LogP contribution in [0.3, 0.4) is 0 Å². The molecule has 13 nitrogen and oxygen atoms in total. The molecule has 1 aliphatic carbocycles. The van der Waals surface area contributed by atoms with Crippen molar-refractivity contribution in [3.63, 3.8) is 0 Å². The summed E-state index contributed by atoms with van der Waals surface area (Å²) in [4.78, 5) is 41.1. The fraction of sp³-hybridized carbons (Fsp3) is 0.314. The lowest BCUT2D eigenvalue weighted by molar-refractivity contribution is -0.198. The molecule has 1 unspecified atom stereocenters. The Morgan fingerprint density at radius 3 is 2.44 bits per heavy atom. The topological polar surface area (TPSA) is 198 Å². The number of nitrogen functional groups attached to an aromatic ring is 1. The van der Waals surface area contributed by atoms with E-state index in [0.717, 1.165) is 5.57 Å². The van der Waals surface area contributed by atoms with Gasteiger partial charge in [-0.15, -0.1) is 0 Å². The number of alkyl halides is 3. The van der Waals surface area contributed by atoms with Crippen LogP contribution in [0.5, 0.6) is 5.88 Å². The molecule has 0 bridgehead atoms. The zero-order chi connectivity index (χ0) is 38.0. The van der Waals surface area contributed by atoms with Crippen LogP contribution < -0.4 is 21.5 Å². The number of methoxy groups -OCH3 is 1. The van der Waals surface area contributed by atoms with Crippen molar-refractivity contribution < 1.29 is 42.1 Å². The zero-order valence-electron chi connectivity index (χ0n) is 28.1. The van der Waals surface area contributed by atoms with E-state index in [1.54, 1.807) is 49.5 Å². The first kappa shape index (κ1) is 39.3. The second-order valence-electron chi connectivity index (χ2n) is 11.8. The van der Waals surface area contributed by atoms with Gasteiger partial charge in [0.25, 0.3) is 5.91 Å². The maximum absolute atomic E-state index is 14.4. The van der Waals surface area contributed by atoms with Crippen molar-refractivity contribution in [1.82, 2.24) is 25.1 Å². The van der Waals surface area contributed by atoms with Gasteiger partial charge in [-0.05, 0) is 74.4 Å². The maximum Gasteiger partial charge on any atom is 0.429 e. The van der Waals surface area contributed by atoms with Gasteiger partial charge in [-0.25, -0.2) is 9.67 Å². The summed E-state index contributed by atoms with van der Waals surface area (Å²) in [5.74, 6) is -2.29. The fourth-order valence-corrected chi connectivity index (χ4v) is 5.54. The minimum absolute atomic E-state index is 0.117. The van der Waals surface area contributed by atoms with E-state index in [9.17, 15) is 27.6 Å². The summed E-state index contributed by atoms with van der Waals surface area (Å²) in [6.45, 7) is 1.37. The molecule has 1 aliphatic rings. The Kier molecular flexibility index (Phi) is 13.3. The molecule has 0 radical (unpaired) electrons. The predicted octanol–water partition coefficient (Wildman–Crippen LogP) is 5.46. The number of rotatable bonds is 11. The molecule has 5 rings (SSSR count). The number of aliphatic carboxylic acids is 1. The number of carbonyl (C=O) groups excluding carboxylic acids is 2. The molecule has 1 amide bonds. The Morgan fingerprint density at radius 2 is 1.85 bits per heavy atom. The Bertz CT molecular complexity index is 1910. The number of hydrogen-bond acceptors (Lipinski definition) is 10. The SMILES string of the molecule is COC(=O)[C@@H](N)CC1CC=C(c2cc(O[C@H](c3ccc(Cl)cc3-n3ccc(C)n3)C(F)(F)F)nc(N)n2)CC1.O=C(O)CNC(=O)c1ccccc1. The number of aryl methyl sites for hydroxylation is 1. The first-order valence-corrected chi connectivity index (χ1v) is 16.3. The maximum atomic E-state index is 14.4. The van der Waals surface area contributed by atoms with Crippen LogP contribution >= 0.6 is 11.6 Å². The normalized spacial score (nSPS) is 15.3. The third-order valence-electron chi connectivity index (χ3n) is 7.88. The van der Waals surface area contributed by atoms with Gasteiger partial charge >= 0.3 is 18.1 Å². The number of carboxylic acid groups (broad SMARTS) is 1. The number of benzene rings is 2. The lowest BCUT2D eigenvalue weighted by Crippen LogP contribution is -2.34. The number of nitrogens with zero attached hydrogens (tertiary/aromatic N) is 4. The molecule has 4 aromatic rings. The zero-order valence-corrected chi connectivity index (χ0v) is 28.9. The van der Waals surface area contributed by atoms with E-state index in [4.69, 9.17) is 32.9 Å². The van der Waals surface area contributed by atoms with Crippen LogP contribution in [0, 0.1) is 12.8 Å². The highest BCUT2D eigenvalue weighted by molar-refractivity contribution is 6.30. The molecule has 0 aliphatic heterocycles. The van der Waals surface area contributed by atoms with E-state index in [0.29, 0.717) is 42.6 Å². The summed E-state index contributed by atoms with van der Waals surface area (Å²) < 4.78 is 54.5. The molecule has 0 spiro atoms. The first-order valence-electron chi connectivity index (χ1n) is 15.9. The van der Waals surface area contributed by atoms with Crippen LogP contribution in [-0.4, -0.2) is 68.6 Å². The third kappa shape index (κ3) is 11.0. The van der Waals surface area contributed by atoms with Crippen molar-refractivity contribution >= 4 is 41.0 Å². The largest absolute Gasteiger partial charge is 0.480 e. The minimum atomic E-state index is -4.81. The van der Waals surface area contributed by atoms with Crippen molar-refractivity contribution in [3.8, 4) is 11.6 Å². The average molecular weight is 744 g/mol. The van der Waals surface area contributed by atoms with Gasteiger partial charge in [0.2, 0.25) is 17.9 Å². The van der Waals surface area contributed by atoms with E-state index < -0.39 is 30.3 Å². The van der Waals surface area contributed by atoms with Crippen LogP contribution in [0.15, 0.2) is 72.9 Å². The van der Waals surface area contributed by atoms with Crippen molar-refractivity contribution in [2.24, 2.45) is 11.7 Å². The molecular weight excluding hydrogens is 707 g/mol. The molecule has 3 atom stereocenters. The Hall–Kier alpha value is -5.48. The monoisotopic (exact) mass is 743 g/mol. The number of aromatic nitrogens is 4. The molecule has 0 fully saturated rings. The van der Waals surface area contributed by atoms with Gasteiger partial charge in [0.05, 0.1) is 24.2 Å². The number of esters is 1. The number of allylic oxidation sites excluding steroid dienone is 2. The number of halogens is 4. The van der Waals surface area contributed by atoms with Crippen molar-refractivity contribution in [3.05, 3.63) is 100 Å². The minimum Gasteiger partial charge on any atom is -0.480 e. The Balaban J connectivity index is 0.000000392. The van der Waals surface area contributed by atoms with Gasteiger partial charge in [0, 0.05) is 28.4 Å². The predicted molar refractivity (Wildman–Crippen MR) is 186 cm³/mol. The summed E-state index contributed by atoms with van der Waals surface area (Å²) in [6.07, 6.45) is -1.38. The summed E-state index contributed by atoms with van der Waals surface area (Å²) in [6, 6.07) is 14.8. The second kappa shape index (κ2) is 17.6. The summed E-state index contributed by atoms with van der Waals surface area (Å²) in [5, 5.41) is 15.0. The molecule has 2 aromatic carbocycles. The van der Waals surface area contributed by atoms with Crippen LogP contribution in [0.1, 0.15) is 59.1 Å². The Labute approximate surface area is 301 Å². The highest BCUT2D eigenvalue weighted by Gasteiger charge is 2.45. The van der Waals surface area contributed by atoms with Crippen LogP contribution in [-0.2, 0) is 14.3 Å². The van der Waals surface area contributed by atoms with Crippen molar-refractivity contribution in [2.45, 2.75) is 50.9 Å². The summed E-state index contributed by atoms with van der Waals surface area (Å²) in [5.41, 5.74) is 13.9. The van der Waals surface area contributed by atoms with Gasteiger partial charge in [0.15, 0.2) is 0 Å². The standard InChI is InChI=1S/C26H28ClF3N6O3.C9H9NO3/c1-14-9-10-36(35-14)21-12-17(27)7-8-18(21)23(26(28,29)30)39-22-13-20(33-25(32)34-22)16-5-3-15(4-6-16)11-19(31)24(37)38-2;11-8(12)6-10-9(13)7-4-2-1-3-5-7/h5,7-10,12-13,15,19,23H,3-4,6,11,31H2,1-2H3,(H2,32,33,34);1-5H,6H2,(H,10,13)(H,11,12)/t15?,19-,23+;/m0./s1. The molecule has 0 saturated carbocycles. The number of anilines is 1. The first-order chi connectivity index (χ1) is 24.6. The molecule has 2 aromatic heterocycles. The lowest BCUT2D eigenvalue weighted by Gasteiger charge is -2.25. The van der Waals surface area contributed by atoms with E-state index in [1.807, 2.05) is 6.08 Å². The van der Waals surface area contributed by atoms with E-state index in [-0.39, 0.29) is 46.5 Å². The van der Waals surface area contributed by atoms with Gasteiger partial charge in [-0.3, -0.25) is 14.4 Å². The van der Waals surface area contributed by atoms with Crippen LogP contribution in [0.25, 0.3) is 11.3 Å². The summed E-state index contributed by atoms with van der Waals surface area (Å²) >= 11 is 6.10. The number of ether oxygens (including phenoxy) is 2. The second-order valence-corrected chi connectivity index (χ2v) is 12.2.